The monoisotopic (exact) mass is 300 g/mol. The van der Waals surface area contributed by atoms with Gasteiger partial charge in [-0.2, -0.15) is 0 Å². The maximum atomic E-state index is 11.6. The third-order valence-electron chi connectivity index (χ3n) is 2.98. The van der Waals surface area contributed by atoms with Gasteiger partial charge >= 0.3 is 5.97 Å². The van der Waals surface area contributed by atoms with E-state index in [1.165, 1.54) is 19.2 Å². The molecule has 0 heterocycles. The molecule has 0 aliphatic carbocycles. The Labute approximate surface area is 119 Å². The zero-order chi connectivity index (χ0) is 15.6. The van der Waals surface area contributed by atoms with Crippen molar-refractivity contribution < 1.29 is 17.9 Å². The van der Waals surface area contributed by atoms with Crippen LogP contribution in [0.25, 0.3) is 0 Å². The summed E-state index contributed by atoms with van der Waals surface area (Å²) in [6.07, 6.45) is 0. The number of rotatable bonds is 5. The largest absolute Gasteiger partial charge is 0.468 e. The van der Waals surface area contributed by atoms with Gasteiger partial charge in [-0.05, 0) is 38.5 Å². The minimum atomic E-state index is -3.69. The lowest BCUT2D eigenvalue weighted by atomic mass is 10.0. The number of carbonyl (C=O) groups excluding carboxylic acids is 1. The Morgan fingerprint density at radius 3 is 2.20 bits per heavy atom. The van der Waals surface area contributed by atoms with Gasteiger partial charge in [0.25, 0.3) is 0 Å². The fourth-order valence-electron chi connectivity index (χ4n) is 1.88. The molecule has 0 aliphatic rings. The molecule has 20 heavy (non-hydrogen) atoms. The lowest BCUT2D eigenvalue weighted by molar-refractivity contribution is -0.147. The first-order chi connectivity index (χ1) is 9.08. The summed E-state index contributed by atoms with van der Waals surface area (Å²) in [7, 11) is -2.36. The van der Waals surface area contributed by atoms with E-state index in [1.54, 1.807) is 26.0 Å². The van der Waals surface area contributed by atoms with Crippen LogP contribution in [0.15, 0.2) is 29.2 Å². The normalized spacial score (nSPS) is 13.8. The van der Waals surface area contributed by atoms with Crippen LogP contribution in [-0.4, -0.2) is 27.0 Å². The summed E-state index contributed by atoms with van der Waals surface area (Å²) >= 11 is 0. The van der Waals surface area contributed by atoms with Gasteiger partial charge in [-0.25, -0.2) is 13.6 Å². The molecule has 0 saturated carbocycles. The summed E-state index contributed by atoms with van der Waals surface area (Å²) in [5.41, 5.74) is 0.00152. The number of esters is 1. The van der Waals surface area contributed by atoms with Gasteiger partial charge in [0.1, 0.15) is 5.54 Å². The van der Waals surface area contributed by atoms with E-state index in [4.69, 9.17) is 9.88 Å². The molecule has 7 heteroatoms. The molecule has 1 aromatic carbocycles. The molecule has 6 nitrogen and oxygen atoms in total. The molecule has 0 bridgehead atoms. The van der Waals surface area contributed by atoms with Gasteiger partial charge in [0.15, 0.2) is 0 Å². The summed E-state index contributed by atoms with van der Waals surface area (Å²) in [5, 5.41) is 8.16. The average molecular weight is 300 g/mol. The van der Waals surface area contributed by atoms with Crippen LogP contribution in [0.5, 0.6) is 0 Å². The number of hydrogen-bond acceptors (Lipinski definition) is 5. The Hall–Kier alpha value is -1.44. The van der Waals surface area contributed by atoms with Gasteiger partial charge in [0, 0.05) is 6.04 Å². The van der Waals surface area contributed by atoms with Gasteiger partial charge in [0.2, 0.25) is 10.0 Å². The first-order valence-electron chi connectivity index (χ1n) is 6.07. The molecule has 0 aliphatic heterocycles. The third kappa shape index (κ3) is 4.03. The van der Waals surface area contributed by atoms with Crippen LogP contribution in [0, 0.1) is 0 Å². The Morgan fingerprint density at radius 2 is 1.80 bits per heavy atom. The van der Waals surface area contributed by atoms with E-state index in [0.717, 1.165) is 5.56 Å². The molecule has 0 aromatic heterocycles. The second kappa shape index (κ2) is 5.90. The second-order valence-electron chi connectivity index (χ2n) is 5.10. The van der Waals surface area contributed by atoms with E-state index >= 15 is 0 Å². The maximum absolute atomic E-state index is 11.6. The van der Waals surface area contributed by atoms with E-state index in [1.807, 2.05) is 6.92 Å². The molecule has 0 radical (unpaired) electrons. The number of ether oxygens (including phenoxy) is 1. The summed E-state index contributed by atoms with van der Waals surface area (Å²) in [6, 6.07) is 6.04. The molecule has 0 spiro atoms. The summed E-state index contributed by atoms with van der Waals surface area (Å²) in [4.78, 5) is 11.7. The van der Waals surface area contributed by atoms with Crippen LogP contribution >= 0.6 is 0 Å². The fraction of sp³-hybridized carbons (Fsp3) is 0.462. The number of sulfonamides is 1. The quantitative estimate of drug-likeness (QED) is 0.788. The van der Waals surface area contributed by atoms with E-state index < -0.39 is 15.6 Å². The van der Waals surface area contributed by atoms with Gasteiger partial charge in [-0.3, -0.25) is 10.1 Å². The lowest BCUT2D eigenvalue weighted by Crippen LogP contribution is -2.48. The van der Waals surface area contributed by atoms with Gasteiger partial charge in [-0.1, -0.05) is 12.1 Å². The molecular weight excluding hydrogens is 280 g/mol. The fourth-order valence-corrected chi connectivity index (χ4v) is 2.40. The Bertz CT molecular complexity index is 579. The van der Waals surface area contributed by atoms with E-state index in [-0.39, 0.29) is 16.9 Å². The van der Waals surface area contributed by atoms with Crippen molar-refractivity contribution in [2.75, 3.05) is 7.11 Å². The first-order valence-corrected chi connectivity index (χ1v) is 7.61. The number of benzene rings is 1. The Kier molecular flexibility index (Phi) is 4.90. The molecule has 0 amide bonds. The van der Waals surface area contributed by atoms with E-state index in [2.05, 4.69) is 5.32 Å². The molecule has 3 N–H and O–H groups in total. The zero-order valence-corrected chi connectivity index (χ0v) is 12.8. The highest BCUT2D eigenvalue weighted by Crippen LogP contribution is 2.19. The molecule has 1 atom stereocenters. The van der Waals surface area contributed by atoms with E-state index in [0.29, 0.717) is 0 Å². The third-order valence-corrected chi connectivity index (χ3v) is 3.91. The number of nitrogens with one attached hydrogen (secondary N) is 1. The van der Waals surface area contributed by atoms with Crippen molar-refractivity contribution >= 4 is 16.0 Å². The van der Waals surface area contributed by atoms with Crippen molar-refractivity contribution in [2.45, 2.75) is 37.2 Å². The number of nitrogens with two attached hydrogens (primary N) is 1. The van der Waals surface area contributed by atoms with Gasteiger partial charge in [0.05, 0.1) is 12.0 Å². The van der Waals surface area contributed by atoms with Crippen molar-refractivity contribution in [2.24, 2.45) is 5.14 Å². The number of primary sulfonamides is 1. The SMILES string of the molecule is COC(=O)C(C)(C)NC(C)c1ccc(S(N)(=O)=O)cc1. The predicted octanol–water partition coefficient (Wildman–Crippen LogP) is 0.936. The van der Waals surface area contributed by atoms with Crippen LogP contribution in [0.2, 0.25) is 0 Å². The van der Waals surface area contributed by atoms with Crippen LogP contribution in [0.1, 0.15) is 32.4 Å². The highest BCUT2D eigenvalue weighted by atomic mass is 32.2. The smallest absolute Gasteiger partial charge is 0.325 e. The molecule has 112 valence electrons. The first kappa shape index (κ1) is 16.6. The van der Waals surface area contributed by atoms with Crippen LogP contribution < -0.4 is 10.5 Å². The van der Waals surface area contributed by atoms with Crippen molar-refractivity contribution in [3.8, 4) is 0 Å². The highest BCUT2D eigenvalue weighted by molar-refractivity contribution is 7.89. The number of carbonyl (C=O) groups is 1. The van der Waals surface area contributed by atoms with Crippen LogP contribution in [0.3, 0.4) is 0 Å². The van der Waals surface area contributed by atoms with Crippen molar-refractivity contribution in [3.63, 3.8) is 0 Å². The number of methoxy groups -OCH3 is 1. The van der Waals surface area contributed by atoms with Crippen LogP contribution in [0.4, 0.5) is 0 Å². The Morgan fingerprint density at radius 1 is 1.30 bits per heavy atom. The molecule has 1 rings (SSSR count). The molecule has 0 fully saturated rings. The summed E-state index contributed by atoms with van der Waals surface area (Å²) < 4.78 is 27.1. The zero-order valence-electron chi connectivity index (χ0n) is 12.0. The molecular formula is C13H20N2O4S. The standard InChI is InChI=1S/C13H20N2O4S/c1-9(15-13(2,3)12(16)19-4)10-5-7-11(8-6-10)20(14,17)18/h5-9,15H,1-4H3,(H2,14,17,18). The lowest BCUT2D eigenvalue weighted by Gasteiger charge is -2.27. The molecule has 1 unspecified atom stereocenters. The van der Waals surface area contributed by atoms with Crippen molar-refractivity contribution in [1.82, 2.24) is 5.32 Å². The average Bonchev–Trinajstić information content (AvgIpc) is 2.36. The summed E-state index contributed by atoms with van der Waals surface area (Å²) in [6.45, 7) is 5.30. The van der Waals surface area contributed by atoms with Crippen molar-refractivity contribution in [1.29, 1.82) is 0 Å². The molecule has 0 saturated heterocycles. The minimum absolute atomic E-state index is 0.0562. The minimum Gasteiger partial charge on any atom is -0.468 e. The Balaban J connectivity index is 2.89. The molecule has 1 aromatic rings. The van der Waals surface area contributed by atoms with Crippen LogP contribution in [-0.2, 0) is 19.6 Å². The van der Waals surface area contributed by atoms with E-state index in [9.17, 15) is 13.2 Å². The second-order valence-corrected chi connectivity index (χ2v) is 6.66. The summed E-state index contributed by atoms with van der Waals surface area (Å²) in [5.74, 6) is -0.370. The number of hydrogen-bond donors (Lipinski definition) is 2. The maximum Gasteiger partial charge on any atom is 0.325 e. The predicted molar refractivity (Wildman–Crippen MR) is 75.5 cm³/mol. The van der Waals surface area contributed by atoms with Gasteiger partial charge in [-0.15, -0.1) is 0 Å². The highest BCUT2D eigenvalue weighted by Gasteiger charge is 2.30. The van der Waals surface area contributed by atoms with Gasteiger partial charge < -0.3 is 4.74 Å². The topological polar surface area (TPSA) is 98.5 Å². The van der Waals surface area contributed by atoms with Crippen molar-refractivity contribution in [3.05, 3.63) is 29.8 Å².